The fourth-order valence-electron chi connectivity index (χ4n) is 3.38. The minimum atomic E-state index is -0.996. The molecule has 124 valence electrons. The van der Waals surface area contributed by atoms with Crippen molar-refractivity contribution in [1.82, 2.24) is 14.8 Å². The number of hydrogen-bond acceptors (Lipinski definition) is 4. The van der Waals surface area contributed by atoms with Crippen LogP contribution in [-0.4, -0.2) is 38.3 Å². The van der Waals surface area contributed by atoms with E-state index >= 15 is 0 Å². The first kappa shape index (κ1) is 14.9. The summed E-state index contributed by atoms with van der Waals surface area (Å²) in [5, 5.41) is 13.1. The van der Waals surface area contributed by atoms with Crippen LogP contribution in [0.4, 0.5) is 5.82 Å². The first-order chi connectivity index (χ1) is 11.5. The molecule has 1 aliphatic heterocycles. The number of aromatic carboxylic acids is 1. The zero-order chi connectivity index (χ0) is 17.0. The van der Waals surface area contributed by atoms with Crippen molar-refractivity contribution in [1.29, 1.82) is 0 Å². The Morgan fingerprint density at radius 2 is 2.21 bits per heavy atom. The van der Waals surface area contributed by atoms with Crippen LogP contribution in [0.15, 0.2) is 24.7 Å². The highest BCUT2D eigenvalue weighted by Crippen LogP contribution is 2.47. The summed E-state index contributed by atoms with van der Waals surface area (Å²) in [7, 11) is 0. The van der Waals surface area contributed by atoms with Gasteiger partial charge in [0.2, 0.25) is 5.91 Å². The molecule has 0 bridgehead atoms. The zero-order valence-electron chi connectivity index (χ0n) is 13.5. The van der Waals surface area contributed by atoms with Crippen molar-refractivity contribution in [3.8, 4) is 0 Å². The fraction of sp³-hybridized carbons (Fsp3) is 0.412. The Bertz CT molecular complexity index is 844. The quantitative estimate of drug-likeness (QED) is 0.926. The lowest BCUT2D eigenvalue weighted by molar-refractivity contribution is -0.118. The number of hydrogen-bond donors (Lipinski definition) is 1. The van der Waals surface area contributed by atoms with Gasteiger partial charge in [-0.3, -0.25) is 14.4 Å². The molecule has 2 aromatic rings. The topological polar surface area (TPSA) is 88.3 Å². The summed E-state index contributed by atoms with van der Waals surface area (Å²) in [6, 6.07) is 1.85. The number of rotatable bonds is 4. The van der Waals surface area contributed by atoms with Crippen molar-refractivity contribution >= 4 is 17.7 Å². The first-order valence-electron chi connectivity index (χ1n) is 8.01. The molecule has 4 rings (SSSR count). The van der Waals surface area contributed by atoms with Gasteiger partial charge in [0.05, 0.1) is 17.8 Å². The summed E-state index contributed by atoms with van der Waals surface area (Å²) >= 11 is 0. The highest BCUT2D eigenvalue weighted by atomic mass is 16.4. The first-order valence-corrected chi connectivity index (χ1v) is 8.01. The Kier molecular flexibility index (Phi) is 3.19. The van der Waals surface area contributed by atoms with Crippen LogP contribution in [0.1, 0.15) is 40.9 Å². The number of aromatic nitrogens is 3. The standard InChI is InChI=1S/C17H18N4O3/c1-9-3-11(10(2)21-8-13(6-19-21)17(23)24)5-18-15(9)20-7-12-4-14(12)16(20)22/h3,5-6,8,10,12,14H,4,7H2,1-2H3,(H,23,24)/t10?,12-,14-/m1/s1. The normalized spacial score (nSPS) is 23.2. The van der Waals surface area contributed by atoms with Crippen molar-refractivity contribution in [3.05, 3.63) is 41.3 Å². The van der Waals surface area contributed by atoms with E-state index in [0.717, 1.165) is 29.9 Å². The Hall–Kier alpha value is -2.70. The van der Waals surface area contributed by atoms with Crippen LogP contribution in [0, 0.1) is 18.8 Å². The van der Waals surface area contributed by atoms with Crippen LogP contribution in [0.5, 0.6) is 0 Å². The van der Waals surface area contributed by atoms with Crippen LogP contribution in [0.25, 0.3) is 0 Å². The lowest BCUT2D eigenvalue weighted by Crippen LogP contribution is -2.29. The average molecular weight is 326 g/mol. The van der Waals surface area contributed by atoms with Gasteiger partial charge in [0.15, 0.2) is 0 Å². The molecule has 24 heavy (non-hydrogen) atoms. The lowest BCUT2D eigenvalue weighted by atomic mass is 10.1. The van der Waals surface area contributed by atoms with E-state index in [1.165, 1.54) is 12.4 Å². The second-order valence-electron chi connectivity index (χ2n) is 6.65. The number of fused-ring (bicyclic) bond motifs is 1. The van der Waals surface area contributed by atoms with Gasteiger partial charge in [-0.25, -0.2) is 9.78 Å². The van der Waals surface area contributed by atoms with Gasteiger partial charge in [0, 0.05) is 24.9 Å². The van der Waals surface area contributed by atoms with Crippen LogP contribution in [0.3, 0.4) is 0 Å². The molecule has 7 heteroatoms. The average Bonchev–Trinajstić information content (AvgIpc) is 3.01. The molecular weight excluding hydrogens is 308 g/mol. The van der Waals surface area contributed by atoms with E-state index in [-0.39, 0.29) is 23.4 Å². The van der Waals surface area contributed by atoms with Gasteiger partial charge in [0.1, 0.15) is 5.82 Å². The highest BCUT2D eigenvalue weighted by Gasteiger charge is 2.53. The molecule has 0 spiro atoms. The van der Waals surface area contributed by atoms with Crippen molar-refractivity contribution in [2.75, 3.05) is 11.4 Å². The second kappa shape index (κ2) is 5.15. The smallest absolute Gasteiger partial charge is 0.338 e. The van der Waals surface area contributed by atoms with E-state index in [1.807, 2.05) is 19.9 Å². The molecule has 0 aromatic carbocycles. The fourth-order valence-corrected chi connectivity index (χ4v) is 3.38. The minimum Gasteiger partial charge on any atom is -0.478 e. The number of pyridine rings is 1. The number of aryl methyl sites for hydroxylation is 1. The number of carboxylic acids is 1. The molecule has 1 amide bonds. The third-order valence-corrected chi connectivity index (χ3v) is 4.98. The maximum absolute atomic E-state index is 12.2. The number of piperidine rings is 1. The molecule has 3 atom stereocenters. The summed E-state index contributed by atoms with van der Waals surface area (Å²) in [4.78, 5) is 29.5. The van der Waals surface area contributed by atoms with Crippen molar-refractivity contribution in [2.24, 2.45) is 11.8 Å². The molecule has 1 saturated carbocycles. The highest BCUT2D eigenvalue weighted by molar-refractivity contribution is 5.99. The molecule has 1 aliphatic carbocycles. The predicted molar refractivity (Wildman–Crippen MR) is 85.9 cm³/mol. The van der Waals surface area contributed by atoms with Crippen molar-refractivity contribution in [2.45, 2.75) is 26.3 Å². The number of nitrogens with zero attached hydrogens (tertiary/aromatic N) is 4. The number of carboxylic acid groups (broad SMARTS) is 1. The van der Waals surface area contributed by atoms with E-state index < -0.39 is 5.97 Å². The monoisotopic (exact) mass is 326 g/mol. The van der Waals surface area contributed by atoms with Gasteiger partial charge in [0.25, 0.3) is 0 Å². The molecule has 1 unspecified atom stereocenters. The van der Waals surface area contributed by atoms with Crippen molar-refractivity contribution in [3.63, 3.8) is 0 Å². The third kappa shape index (κ3) is 2.28. The maximum atomic E-state index is 12.2. The SMILES string of the molecule is Cc1cc(C(C)n2cc(C(=O)O)cn2)cnc1N1C[C@H]2C[C@H]2C1=O. The second-order valence-corrected chi connectivity index (χ2v) is 6.65. The van der Waals surface area contributed by atoms with E-state index in [1.54, 1.807) is 15.8 Å². The number of carbonyl (C=O) groups is 2. The van der Waals surface area contributed by atoms with Gasteiger partial charge in [-0.05, 0) is 43.4 Å². The molecule has 7 nitrogen and oxygen atoms in total. The molecule has 1 saturated heterocycles. The van der Waals surface area contributed by atoms with Crippen LogP contribution in [-0.2, 0) is 4.79 Å². The van der Waals surface area contributed by atoms with Gasteiger partial charge in [-0.1, -0.05) is 0 Å². The molecule has 2 aromatic heterocycles. The summed E-state index contributed by atoms with van der Waals surface area (Å²) in [6.45, 7) is 4.65. The molecule has 2 aliphatic rings. The molecule has 2 fully saturated rings. The molecule has 0 radical (unpaired) electrons. The minimum absolute atomic E-state index is 0.138. The van der Waals surface area contributed by atoms with E-state index in [0.29, 0.717) is 5.92 Å². The van der Waals surface area contributed by atoms with Crippen LogP contribution in [0.2, 0.25) is 0 Å². The zero-order valence-corrected chi connectivity index (χ0v) is 13.5. The van der Waals surface area contributed by atoms with Crippen LogP contribution >= 0.6 is 0 Å². The summed E-state index contributed by atoms with van der Waals surface area (Å²) in [5.41, 5.74) is 2.03. The molecule has 3 heterocycles. The van der Waals surface area contributed by atoms with Crippen LogP contribution < -0.4 is 4.90 Å². The molecular formula is C17H18N4O3. The van der Waals surface area contributed by atoms with Gasteiger partial charge in [-0.15, -0.1) is 0 Å². The summed E-state index contributed by atoms with van der Waals surface area (Å²) < 4.78 is 1.61. The molecule has 1 N–H and O–H groups in total. The predicted octanol–water partition coefficient (Wildman–Crippen LogP) is 1.88. The Balaban J connectivity index is 1.59. The third-order valence-electron chi connectivity index (χ3n) is 4.98. The van der Waals surface area contributed by atoms with E-state index in [4.69, 9.17) is 5.11 Å². The van der Waals surface area contributed by atoms with Gasteiger partial charge >= 0.3 is 5.97 Å². The van der Waals surface area contributed by atoms with Crippen molar-refractivity contribution < 1.29 is 14.7 Å². The number of anilines is 1. The van der Waals surface area contributed by atoms with Gasteiger partial charge < -0.3 is 5.11 Å². The Labute approximate surface area is 138 Å². The lowest BCUT2D eigenvalue weighted by Gasteiger charge is -2.21. The maximum Gasteiger partial charge on any atom is 0.338 e. The summed E-state index contributed by atoms with van der Waals surface area (Å²) in [5.74, 6) is 0.646. The number of carbonyl (C=O) groups excluding carboxylic acids is 1. The summed E-state index contributed by atoms with van der Waals surface area (Å²) in [6.07, 6.45) is 5.61. The van der Waals surface area contributed by atoms with E-state index in [2.05, 4.69) is 10.1 Å². The largest absolute Gasteiger partial charge is 0.478 e. The Morgan fingerprint density at radius 3 is 2.79 bits per heavy atom. The van der Waals surface area contributed by atoms with Gasteiger partial charge in [-0.2, -0.15) is 5.10 Å². The van der Waals surface area contributed by atoms with E-state index in [9.17, 15) is 9.59 Å². The Morgan fingerprint density at radius 1 is 1.42 bits per heavy atom. The number of amides is 1.